The molecule has 13 heteroatoms. The molecule has 1 aromatic carbocycles. The number of carbonyl (C=O) groups excluding carboxylic acids is 1. The molecule has 0 bridgehead atoms. The third-order valence-corrected chi connectivity index (χ3v) is 6.00. The van der Waals surface area contributed by atoms with Gasteiger partial charge in [-0.2, -0.15) is 0 Å². The number of esters is 1. The van der Waals surface area contributed by atoms with Crippen LogP contribution in [0.5, 0.6) is 0 Å². The number of hydrogen-bond acceptors (Lipinski definition) is 11. The maximum atomic E-state index is 13.3. The minimum absolute atomic E-state index is 0.124. The van der Waals surface area contributed by atoms with E-state index in [4.69, 9.17) is 27.8 Å². The van der Waals surface area contributed by atoms with Gasteiger partial charge in [0.1, 0.15) is 17.9 Å². The lowest BCUT2D eigenvalue weighted by Crippen LogP contribution is -2.77. The van der Waals surface area contributed by atoms with E-state index in [0.29, 0.717) is 0 Å². The number of halogens is 2. The van der Waals surface area contributed by atoms with Gasteiger partial charge in [-0.1, -0.05) is 11.6 Å². The zero-order valence-electron chi connectivity index (χ0n) is 15.7. The molecule has 0 aliphatic carbocycles. The number of aliphatic hydroxyl groups is 3. The highest BCUT2D eigenvalue weighted by molar-refractivity contribution is 6.33. The normalized spacial score (nSPS) is 33.9. The van der Waals surface area contributed by atoms with E-state index >= 15 is 0 Å². The standard InChI is InChI=1S/C17H20ClFN6O5/c1-6-12(30-13(27)8-3-2-7(19)4-9(8)18)17(28,29)16-11(23-14(20)24-16)10(5-26)22-15(21)25(6)16/h2-4,6,10-12,26,28-29H,5H2,1H3,(H2,21,22)(H3,20,23,24)/t6-,10-,11?,12-,16+/m0/s1. The zero-order valence-corrected chi connectivity index (χ0v) is 16.4. The van der Waals surface area contributed by atoms with Gasteiger partial charge in [0.15, 0.2) is 23.7 Å². The van der Waals surface area contributed by atoms with E-state index in [0.717, 1.165) is 18.2 Å². The Morgan fingerprint density at radius 1 is 1.40 bits per heavy atom. The Morgan fingerprint density at radius 2 is 2.10 bits per heavy atom. The monoisotopic (exact) mass is 442 g/mol. The number of carbonyl (C=O) groups is 1. The number of hydrogen-bond donors (Lipinski definition) is 6. The molecule has 1 unspecified atom stereocenters. The van der Waals surface area contributed by atoms with Gasteiger partial charge in [0, 0.05) is 0 Å². The number of nitrogens with zero attached hydrogens (tertiary/aromatic N) is 3. The number of guanidine groups is 2. The molecule has 8 N–H and O–H groups in total. The van der Waals surface area contributed by atoms with Crippen LogP contribution in [-0.4, -0.2) is 80.4 Å². The van der Waals surface area contributed by atoms with Gasteiger partial charge in [-0.25, -0.2) is 19.2 Å². The summed E-state index contributed by atoms with van der Waals surface area (Å²) in [5.74, 6) is -4.66. The summed E-state index contributed by atoms with van der Waals surface area (Å²) in [6.45, 7) is 1.05. The quantitative estimate of drug-likeness (QED) is 0.229. The molecule has 1 saturated heterocycles. The Hall–Kier alpha value is -2.67. The van der Waals surface area contributed by atoms with Crippen molar-refractivity contribution in [3.63, 3.8) is 0 Å². The molecule has 5 atom stereocenters. The predicted octanol–water partition coefficient (Wildman–Crippen LogP) is -1.94. The molecule has 1 spiro atoms. The molecular formula is C17H20ClFN6O5. The summed E-state index contributed by atoms with van der Waals surface area (Å²) in [7, 11) is 0. The van der Waals surface area contributed by atoms with Crippen molar-refractivity contribution >= 4 is 29.5 Å². The van der Waals surface area contributed by atoms with Crippen LogP contribution in [0, 0.1) is 5.82 Å². The number of nitrogens with two attached hydrogens (primary N) is 2. The van der Waals surface area contributed by atoms with E-state index in [-0.39, 0.29) is 22.5 Å². The first-order valence-electron chi connectivity index (χ1n) is 9.00. The number of rotatable bonds is 3. The van der Waals surface area contributed by atoms with Crippen molar-refractivity contribution in [2.75, 3.05) is 6.61 Å². The van der Waals surface area contributed by atoms with Gasteiger partial charge < -0.3 is 41.7 Å². The first-order valence-corrected chi connectivity index (χ1v) is 9.38. The smallest absolute Gasteiger partial charge is 0.340 e. The third kappa shape index (κ3) is 2.57. The van der Waals surface area contributed by atoms with Crippen molar-refractivity contribution in [1.82, 2.24) is 10.2 Å². The van der Waals surface area contributed by atoms with E-state index in [9.17, 15) is 24.5 Å². The van der Waals surface area contributed by atoms with Crippen molar-refractivity contribution < 1.29 is 29.2 Å². The summed E-state index contributed by atoms with van der Waals surface area (Å²) in [4.78, 5) is 22.3. The summed E-state index contributed by atoms with van der Waals surface area (Å²) in [5.41, 5.74) is 9.85. The summed E-state index contributed by atoms with van der Waals surface area (Å²) in [6, 6.07) is 0.224. The van der Waals surface area contributed by atoms with E-state index in [2.05, 4.69) is 15.3 Å². The van der Waals surface area contributed by atoms with Gasteiger partial charge in [-0.05, 0) is 25.1 Å². The molecule has 1 fully saturated rings. The van der Waals surface area contributed by atoms with Crippen molar-refractivity contribution in [3.05, 3.63) is 34.6 Å². The summed E-state index contributed by atoms with van der Waals surface area (Å²) in [5, 5.41) is 34.6. The number of aliphatic imine (C=N–C) groups is 2. The molecule has 11 nitrogen and oxygen atoms in total. The largest absolute Gasteiger partial charge is 0.451 e. The second kappa shape index (κ2) is 6.67. The van der Waals surface area contributed by atoms with Crippen molar-refractivity contribution in [1.29, 1.82) is 0 Å². The molecule has 4 rings (SSSR count). The minimum atomic E-state index is -2.77. The third-order valence-electron chi connectivity index (χ3n) is 5.69. The van der Waals surface area contributed by atoms with Crippen LogP contribution in [-0.2, 0) is 4.74 Å². The highest BCUT2D eigenvalue weighted by atomic mass is 35.5. The Morgan fingerprint density at radius 3 is 2.73 bits per heavy atom. The van der Waals surface area contributed by atoms with Crippen LogP contribution in [0.2, 0.25) is 5.02 Å². The van der Waals surface area contributed by atoms with Gasteiger partial charge in [0.25, 0.3) is 0 Å². The van der Waals surface area contributed by atoms with Crippen LogP contribution in [0.4, 0.5) is 4.39 Å². The van der Waals surface area contributed by atoms with Gasteiger partial charge in [-0.3, -0.25) is 0 Å². The lowest BCUT2D eigenvalue weighted by atomic mass is 9.86. The van der Waals surface area contributed by atoms with Crippen molar-refractivity contribution in [2.24, 2.45) is 21.5 Å². The summed E-state index contributed by atoms with van der Waals surface area (Å²) >= 11 is 5.92. The average molecular weight is 443 g/mol. The highest BCUT2D eigenvalue weighted by Gasteiger charge is 2.76. The van der Waals surface area contributed by atoms with Crippen LogP contribution in [0.25, 0.3) is 0 Å². The molecule has 1 aromatic rings. The first-order chi connectivity index (χ1) is 14.0. The number of ether oxygens (including phenoxy) is 1. The first kappa shape index (κ1) is 20.6. The van der Waals surface area contributed by atoms with E-state index in [1.807, 2.05) is 0 Å². The number of nitrogens with one attached hydrogen (secondary N) is 1. The average Bonchev–Trinajstić information content (AvgIpc) is 3.09. The van der Waals surface area contributed by atoms with E-state index in [1.54, 1.807) is 0 Å². The van der Waals surface area contributed by atoms with Gasteiger partial charge >= 0.3 is 5.97 Å². The molecule has 30 heavy (non-hydrogen) atoms. The zero-order chi connectivity index (χ0) is 22.0. The molecule has 0 aromatic heterocycles. The Kier molecular flexibility index (Phi) is 4.58. The molecule has 0 amide bonds. The molecular weight excluding hydrogens is 423 g/mol. The van der Waals surface area contributed by atoms with Crippen LogP contribution >= 0.6 is 11.6 Å². The fourth-order valence-corrected chi connectivity index (χ4v) is 4.70. The summed E-state index contributed by atoms with van der Waals surface area (Å²) < 4.78 is 18.7. The summed E-state index contributed by atoms with van der Waals surface area (Å²) in [6.07, 6.45) is -1.56. The maximum absolute atomic E-state index is 13.3. The lowest BCUT2D eigenvalue weighted by molar-refractivity contribution is -0.257. The van der Waals surface area contributed by atoms with Crippen LogP contribution in [0.3, 0.4) is 0 Å². The van der Waals surface area contributed by atoms with Crippen LogP contribution in [0.15, 0.2) is 28.2 Å². The Balaban J connectivity index is 1.74. The van der Waals surface area contributed by atoms with Crippen molar-refractivity contribution in [2.45, 2.75) is 42.6 Å². The number of aliphatic hydroxyl groups excluding tert-OH is 1. The molecule has 0 saturated carbocycles. The van der Waals surface area contributed by atoms with Gasteiger partial charge in [0.2, 0.25) is 5.79 Å². The Labute approximate surface area is 174 Å². The molecule has 0 radical (unpaired) electrons. The molecule has 162 valence electrons. The second-order valence-corrected chi connectivity index (χ2v) is 7.78. The fourth-order valence-electron chi connectivity index (χ4n) is 4.46. The SMILES string of the molecule is C[C@H]1[C@H](OC(=O)c2ccc(F)cc2Cl)C(O)(O)[C@@]23NC(N)=NC2[C@H](CO)N=C(N)N13. The molecule has 3 aliphatic heterocycles. The number of benzene rings is 1. The minimum Gasteiger partial charge on any atom is -0.451 e. The maximum Gasteiger partial charge on any atom is 0.340 e. The molecule has 3 aliphatic rings. The van der Waals surface area contributed by atoms with Crippen LogP contribution in [0.1, 0.15) is 17.3 Å². The van der Waals surface area contributed by atoms with Gasteiger partial charge in [-0.15, -0.1) is 0 Å². The topological polar surface area (TPSA) is 179 Å². The fraction of sp³-hybridized carbons (Fsp3) is 0.471. The second-order valence-electron chi connectivity index (χ2n) is 7.37. The van der Waals surface area contributed by atoms with E-state index in [1.165, 1.54) is 11.8 Å². The molecule has 3 heterocycles. The highest BCUT2D eigenvalue weighted by Crippen LogP contribution is 2.48. The lowest BCUT2D eigenvalue weighted by Gasteiger charge is -2.48. The predicted molar refractivity (Wildman–Crippen MR) is 103 cm³/mol. The van der Waals surface area contributed by atoms with Crippen molar-refractivity contribution in [3.8, 4) is 0 Å². The van der Waals surface area contributed by atoms with E-state index < -0.39 is 54.1 Å². The Bertz CT molecular complexity index is 974. The van der Waals surface area contributed by atoms with Gasteiger partial charge in [0.05, 0.1) is 23.2 Å². The van der Waals surface area contributed by atoms with Crippen LogP contribution < -0.4 is 16.8 Å².